The number of nitrogens with one attached hydrogen (secondary N) is 2. The Labute approximate surface area is 176 Å². The van der Waals surface area contributed by atoms with E-state index in [9.17, 15) is 14.0 Å². The van der Waals surface area contributed by atoms with E-state index in [1.54, 1.807) is 12.1 Å². The normalized spacial score (nSPS) is 18.6. The summed E-state index contributed by atoms with van der Waals surface area (Å²) in [7, 11) is 0. The number of carbonyl (C=O) groups is 2. The van der Waals surface area contributed by atoms with Gasteiger partial charge in [0.2, 0.25) is 11.8 Å². The van der Waals surface area contributed by atoms with E-state index >= 15 is 0 Å². The van der Waals surface area contributed by atoms with E-state index in [1.165, 1.54) is 12.1 Å². The van der Waals surface area contributed by atoms with E-state index < -0.39 is 0 Å². The van der Waals surface area contributed by atoms with Crippen molar-refractivity contribution >= 4 is 17.5 Å². The van der Waals surface area contributed by atoms with Crippen LogP contribution in [0.25, 0.3) is 0 Å². The molecule has 0 unspecified atom stereocenters. The monoisotopic (exact) mass is 410 g/mol. The number of halogens is 1. The van der Waals surface area contributed by atoms with Crippen LogP contribution < -0.4 is 10.6 Å². The maximum Gasteiger partial charge on any atom is 0.242 e. The number of carbonyl (C=O) groups excluding carboxylic acids is 2. The highest BCUT2D eigenvalue weighted by Gasteiger charge is 2.33. The molecule has 6 nitrogen and oxygen atoms in total. The lowest BCUT2D eigenvalue weighted by molar-refractivity contribution is -0.128. The van der Waals surface area contributed by atoms with Crippen LogP contribution in [0, 0.1) is 5.82 Å². The molecule has 158 valence electrons. The Balaban J connectivity index is 1.32. The van der Waals surface area contributed by atoms with Gasteiger partial charge in [0.25, 0.3) is 0 Å². The number of benzene rings is 2. The summed E-state index contributed by atoms with van der Waals surface area (Å²) < 4.78 is 13.0. The summed E-state index contributed by atoms with van der Waals surface area (Å²) >= 11 is 0. The molecule has 1 saturated heterocycles. The smallest absolute Gasteiger partial charge is 0.242 e. The number of hydrogen-bond donors (Lipinski definition) is 2. The van der Waals surface area contributed by atoms with Gasteiger partial charge >= 0.3 is 0 Å². The fraction of sp³-hybridized carbons (Fsp3) is 0.391. The zero-order chi connectivity index (χ0) is 20.9. The summed E-state index contributed by atoms with van der Waals surface area (Å²) in [6.45, 7) is 3.10. The van der Waals surface area contributed by atoms with E-state index in [4.69, 9.17) is 0 Å². The van der Waals surface area contributed by atoms with Crippen LogP contribution in [0.2, 0.25) is 0 Å². The molecule has 0 radical (unpaired) electrons. The molecule has 2 fully saturated rings. The number of piperazine rings is 1. The van der Waals surface area contributed by atoms with E-state index in [0.717, 1.165) is 18.4 Å². The van der Waals surface area contributed by atoms with Crippen LogP contribution in [0.4, 0.5) is 10.1 Å². The lowest BCUT2D eigenvalue weighted by atomic mass is 10.0. The molecule has 2 aromatic rings. The fourth-order valence-electron chi connectivity index (χ4n) is 3.79. The molecular formula is C23H27FN4O2. The molecule has 1 heterocycles. The van der Waals surface area contributed by atoms with Gasteiger partial charge in [0.15, 0.2) is 0 Å². The predicted molar refractivity (Wildman–Crippen MR) is 113 cm³/mol. The minimum atomic E-state index is -0.331. The number of amides is 2. The Morgan fingerprint density at radius 3 is 2.27 bits per heavy atom. The molecule has 1 aliphatic carbocycles. The van der Waals surface area contributed by atoms with Crippen molar-refractivity contribution in [3.8, 4) is 0 Å². The quantitative estimate of drug-likeness (QED) is 0.736. The summed E-state index contributed by atoms with van der Waals surface area (Å²) in [6.07, 6.45) is 2.12. The van der Waals surface area contributed by atoms with Crippen molar-refractivity contribution < 1.29 is 14.0 Å². The van der Waals surface area contributed by atoms with Gasteiger partial charge in [-0.3, -0.25) is 19.4 Å². The molecule has 7 heteroatoms. The van der Waals surface area contributed by atoms with Gasteiger partial charge in [-0.15, -0.1) is 0 Å². The van der Waals surface area contributed by atoms with Crippen molar-refractivity contribution in [2.75, 3.05) is 38.0 Å². The third kappa shape index (κ3) is 5.43. The first kappa shape index (κ1) is 20.5. The van der Waals surface area contributed by atoms with E-state index in [-0.39, 0.29) is 30.2 Å². The van der Waals surface area contributed by atoms with Crippen molar-refractivity contribution in [1.29, 1.82) is 0 Å². The van der Waals surface area contributed by atoms with Crippen LogP contribution >= 0.6 is 0 Å². The molecule has 2 N–H and O–H groups in total. The van der Waals surface area contributed by atoms with E-state index in [2.05, 4.69) is 20.4 Å². The molecule has 30 heavy (non-hydrogen) atoms. The average molecular weight is 410 g/mol. The van der Waals surface area contributed by atoms with Gasteiger partial charge in [0.1, 0.15) is 11.9 Å². The van der Waals surface area contributed by atoms with Crippen molar-refractivity contribution in [1.82, 2.24) is 15.1 Å². The Morgan fingerprint density at radius 1 is 0.967 bits per heavy atom. The van der Waals surface area contributed by atoms with Crippen LogP contribution in [0.5, 0.6) is 0 Å². The van der Waals surface area contributed by atoms with Gasteiger partial charge in [0.05, 0.1) is 6.54 Å². The zero-order valence-corrected chi connectivity index (χ0v) is 16.9. The maximum absolute atomic E-state index is 13.0. The molecule has 2 aromatic carbocycles. The Kier molecular flexibility index (Phi) is 6.40. The summed E-state index contributed by atoms with van der Waals surface area (Å²) in [6, 6.07) is 15.6. The topological polar surface area (TPSA) is 64.7 Å². The molecule has 0 aromatic heterocycles. The first-order valence-corrected chi connectivity index (χ1v) is 10.5. The van der Waals surface area contributed by atoms with Gasteiger partial charge in [-0.1, -0.05) is 30.3 Å². The number of anilines is 1. The Bertz CT molecular complexity index is 863. The molecule has 2 aliphatic rings. The highest BCUT2D eigenvalue weighted by molar-refractivity contribution is 5.92. The number of nitrogens with zero attached hydrogens (tertiary/aromatic N) is 2. The molecule has 4 rings (SSSR count). The Hall–Kier alpha value is -2.77. The second-order valence-corrected chi connectivity index (χ2v) is 7.96. The lowest BCUT2D eigenvalue weighted by Crippen LogP contribution is -2.52. The fourth-order valence-corrected chi connectivity index (χ4v) is 3.79. The summed E-state index contributed by atoms with van der Waals surface area (Å²) in [5.74, 6) is -0.393. The predicted octanol–water partition coefficient (Wildman–Crippen LogP) is 2.40. The first-order valence-electron chi connectivity index (χ1n) is 10.5. The summed E-state index contributed by atoms with van der Waals surface area (Å²) in [5.41, 5.74) is 1.58. The van der Waals surface area contributed by atoms with E-state index in [1.807, 2.05) is 30.3 Å². The zero-order valence-electron chi connectivity index (χ0n) is 16.9. The lowest BCUT2D eigenvalue weighted by Gasteiger charge is -2.38. The molecule has 1 aliphatic heterocycles. The molecule has 0 spiro atoms. The molecule has 2 amide bonds. The van der Waals surface area contributed by atoms with Gasteiger partial charge in [-0.2, -0.15) is 0 Å². The molecule has 1 atom stereocenters. The van der Waals surface area contributed by atoms with Crippen molar-refractivity contribution in [3.63, 3.8) is 0 Å². The Morgan fingerprint density at radius 2 is 1.63 bits per heavy atom. The SMILES string of the molecule is O=C(CN1CCN([C@@H](C(=O)NC2CC2)c2ccccc2)CC1)Nc1ccc(F)cc1. The first-order chi connectivity index (χ1) is 14.6. The second kappa shape index (κ2) is 9.36. The van der Waals surface area contributed by atoms with Crippen molar-refractivity contribution in [3.05, 3.63) is 66.0 Å². The number of rotatable bonds is 7. The van der Waals surface area contributed by atoms with Gasteiger partial charge < -0.3 is 10.6 Å². The third-order valence-electron chi connectivity index (χ3n) is 5.55. The van der Waals surface area contributed by atoms with Gasteiger partial charge in [-0.25, -0.2) is 4.39 Å². The molecule has 0 bridgehead atoms. The number of hydrogen-bond acceptors (Lipinski definition) is 4. The van der Waals surface area contributed by atoms with Crippen LogP contribution in [0.3, 0.4) is 0 Å². The summed E-state index contributed by atoms with van der Waals surface area (Å²) in [4.78, 5) is 29.5. The van der Waals surface area contributed by atoms with Crippen molar-refractivity contribution in [2.45, 2.75) is 24.9 Å². The maximum atomic E-state index is 13.0. The van der Waals surface area contributed by atoms with Crippen LogP contribution in [0.1, 0.15) is 24.4 Å². The highest BCUT2D eigenvalue weighted by atomic mass is 19.1. The second-order valence-electron chi connectivity index (χ2n) is 7.96. The van der Waals surface area contributed by atoms with Crippen LogP contribution in [0.15, 0.2) is 54.6 Å². The molecular weight excluding hydrogens is 383 g/mol. The van der Waals surface area contributed by atoms with Gasteiger partial charge in [0, 0.05) is 37.9 Å². The average Bonchev–Trinajstić information content (AvgIpc) is 3.56. The minimum absolute atomic E-state index is 0.0613. The van der Waals surface area contributed by atoms with Crippen LogP contribution in [-0.2, 0) is 9.59 Å². The van der Waals surface area contributed by atoms with E-state index in [0.29, 0.717) is 37.9 Å². The minimum Gasteiger partial charge on any atom is -0.352 e. The largest absolute Gasteiger partial charge is 0.352 e. The molecule has 1 saturated carbocycles. The van der Waals surface area contributed by atoms with Crippen molar-refractivity contribution in [2.24, 2.45) is 0 Å². The standard InChI is InChI=1S/C23H27FN4O2/c24-18-6-8-19(9-7-18)25-21(29)16-27-12-14-28(15-13-27)22(17-4-2-1-3-5-17)23(30)26-20-10-11-20/h1-9,20,22H,10-16H2,(H,25,29)(H,26,30)/t22-/m1/s1. The third-order valence-corrected chi connectivity index (χ3v) is 5.55. The summed E-state index contributed by atoms with van der Waals surface area (Å²) in [5, 5.41) is 5.94. The van der Waals surface area contributed by atoms with Crippen LogP contribution in [-0.4, -0.2) is 60.4 Å². The highest BCUT2D eigenvalue weighted by Crippen LogP contribution is 2.26. The van der Waals surface area contributed by atoms with Gasteiger partial charge in [-0.05, 0) is 42.7 Å².